The van der Waals surface area contributed by atoms with E-state index in [9.17, 15) is 19.1 Å². The maximum absolute atomic E-state index is 13.3. The van der Waals surface area contributed by atoms with E-state index in [-0.39, 0.29) is 11.3 Å². The first-order valence-electron chi connectivity index (χ1n) is 6.88. The van der Waals surface area contributed by atoms with E-state index in [1.807, 2.05) is 0 Å². The van der Waals surface area contributed by atoms with E-state index in [0.717, 1.165) is 25.3 Å². The van der Waals surface area contributed by atoms with Gasteiger partial charge in [-0.05, 0) is 31.0 Å². The molecule has 0 atom stereocenters. The number of carboxylic acid groups (broad SMARTS) is 1. The molecule has 2 N–H and O–H groups in total. The van der Waals surface area contributed by atoms with Gasteiger partial charge in [0.05, 0.1) is 12.7 Å². The van der Waals surface area contributed by atoms with Crippen LogP contribution in [-0.2, 0) is 4.79 Å². The summed E-state index contributed by atoms with van der Waals surface area (Å²) in [6.07, 6.45) is 3.20. The quantitative estimate of drug-likeness (QED) is 0.894. The Hall–Kier alpha value is -2.11. The van der Waals surface area contributed by atoms with Gasteiger partial charge in [0.2, 0.25) is 0 Å². The minimum atomic E-state index is -1.27. The lowest BCUT2D eigenvalue weighted by Crippen LogP contribution is -2.55. The number of nitrogens with one attached hydrogen (secondary N) is 1. The van der Waals surface area contributed by atoms with E-state index < -0.39 is 23.2 Å². The van der Waals surface area contributed by atoms with Gasteiger partial charge in [-0.1, -0.05) is 19.3 Å². The number of amides is 1. The number of hydrogen-bond acceptors (Lipinski definition) is 3. The van der Waals surface area contributed by atoms with Crippen molar-refractivity contribution in [2.45, 2.75) is 37.6 Å². The Balaban J connectivity index is 2.27. The summed E-state index contributed by atoms with van der Waals surface area (Å²) < 4.78 is 18.4. The van der Waals surface area contributed by atoms with E-state index in [4.69, 9.17) is 4.74 Å². The van der Waals surface area contributed by atoms with Crippen LogP contribution in [0.1, 0.15) is 42.5 Å². The topological polar surface area (TPSA) is 75.6 Å². The van der Waals surface area contributed by atoms with Crippen molar-refractivity contribution in [2.24, 2.45) is 0 Å². The Morgan fingerprint density at radius 1 is 1.29 bits per heavy atom. The van der Waals surface area contributed by atoms with Gasteiger partial charge in [0, 0.05) is 0 Å². The van der Waals surface area contributed by atoms with E-state index >= 15 is 0 Å². The molecule has 1 fully saturated rings. The van der Waals surface area contributed by atoms with Crippen molar-refractivity contribution in [1.29, 1.82) is 0 Å². The lowest BCUT2D eigenvalue weighted by Gasteiger charge is -2.34. The highest BCUT2D eigenvalue weighted by atomic mass is 19.1. The third kappa shape index (κ3) is 3.15. The highest BCUT2D eigenvalue weighted by Gasteiger charge is 2.41. The fourth-order valence-corrected chi connectivity index (χ4v) is 2.69. The summed E-state index contributed by atoms with van der Waals surface area (Å²) in [5.74, 6) is -2.04. The van der Waals surface area contributed by atoms with Crippen LogP contribution in [0.3, 0.4) is 0 Å². The number of aliphatic carboxylic acids is 1. The fourth-order valence-electron chi connectivity index (χ4n) is 2.69. The molecule has 21 heavy (non-hydrogen) atoms. The van der Waals surface area contributed by atoms with Crippen molar-refractivity contribution in [3.05, 3.63) is 29.6 Å². The number of halogens is 1. The summed E-state index contributed by atoms with van der Waals surface area (Å²) in [6, 6.07) is 3.58. The van der Waals surface area contributed by atoms with Crippen molar-refractivity contribution in [2.75, 3.05) is 7.11 Å². The number of carbonyl (C=O) groups is 2. The lowest BCUT2D eigenvalue weighted by atomic mass is 9.81. The van der Waals surface area contributed by atoms with Crippen LogP contribution in [0.25, 0.3) is 0 Å². The smallest absolute Gasteiger partial charge is 0.329 e. The minimum absolute atomic E-state index is 0.00342. The molecule has 6 heteroatoms. The van der Waals surface area contributed by atoms with Gasteiger partial charge in [0.1, 0.15) is 17.1 Å². The summed E-state index contributed by atoms with van der Waals surface area (Å²) in [6.45, 7) is 0. The zero-order valence-electron chi connectivity index (χ0n) is 11.8. The molecular formula is C15H18FNO4. The SMILES string of the molecule is COc1ccc(F)cc1C(=O)NC1(C(=O)O)CCCCC1. The Morgan fingerprint density at radius 3 is 2.52 bits per heavy atom. The molecule has 5 nitrogen and oxygen atoms in total. The molecule has 1 aromatic rings. The van der Waals surface area contributed by atoms with Gasteiger partial charge in [0.25, 0.3) is 5.91 Å². The summed E-state index contributed by atoms with van der Waals surface area (Å²) in [7, 11) is 1.37. The molecule has 114 valence electrons. The summed E-state index contributed by atoms with van der Waals surface area (Å²) in [5.41, 5.74) is -1.27. The first kappa shape index (κ1) is 15.3. The van der Waals surface area contributed by atoms with E-state index in [1.54, 1.807) is 0 Å². The van der Waals surface area contributed by atoms with Crippen LogP contribution in [0.5, 0.6) is 5.75 Å². The molecule has 0 radical (unpaired) electrons. The number of carbonyl (C=O) groups excluding carboxylic acids is 1. The highest BCUT2D eigenvalue weighted by Crippen LogP contribution is 2.29. The van der Waals surface area contributed by atoms with Crippen molar-refractivity contribution in [3.63, 3.8) is 0 Å². The molecule has 1 aliphatic carbocycles. The van der Waals surface area contributed by atoms with Gasteiger partial charge < -0.3 is 15.2 Å². The second kappa shape index (κ2) is 6.11. The monoisotopic (exact) mass is 295 g/mol. The summed E-state index contributed by atoms with van der Waals surface area (Å²) in [4.78, 5) is 23.9. The van der Waals surface area contributed by atoms with Crippen LogP contribution < -0.4 is 10.1 Å². The van der Waals surface area contributed by atoms with Crippen LogP contribution in [0.4, 0.5) is 4.39 Å². The molecule has 0 aliphatic heterocycles. The molecule has 0 spiro atoms. The number of rotatable bonds is 4. The van der Waals surface area contributed by atoms with E-state index in [0.29, 0.717) is 12.8 Å². The second-order valence-corrected chi connectivity index (χ2v) is 5.25. The third-order valence-corrected chi connectivity index (χ3v) is 3.88. The molecule has 0 aromatic heterocycles. The number of methoxy groups -OCH3 is 1. The van der Waals surface area contributed by atoms with Crippen LogP contribution in [-0.4, -0.2) is 29.6 Å². The second-order valence-electron chi connectivity index (χ2n) is 5.25. The maximum Gasteiger partial charge on any atom is 0.329 e. The third-order valence-electron chi connectivity index (χ3n) is 3.88. The van der Waals surface area contributed by atoms with Crippen LogP contribution in [0.15, 0.2) is 18.2 Å². The van der Waals surface area contributed by atoms with Crippen molar-refractivity contribution in [1.82, 2.24) is 5.32 Å². The minimum Gasteiger partial charge on any atom is -0.496 e. The Morgan fingerprint density at radius 2 is 1.95 bits per heavy atom. The van der Waals surface area contributed by atoms with Gasteiger partial charge in [0.15, 0.2) is 0 Å². The number of hydrogen-bond donors (Lipinski definition) is 2. The zero-order valence-corrected chi connectivity index (χ0v) is 11.8. The average molecular weight is 295 g/mol. The number of benzene rings is 1. The molecule has 0 bridgehead atoms. The van der Waals surface area contributed by atoms with Crippen LogP contribution in [0.2, 0.25) is 0 Å². The van der Waals surface area contributed by atoms with E-state index in [2.05, 4.69) is 5.32 Å². The Bertz CT molecular complexity index is 553. The van der Waals surface area contributed by atoms with Gasteiger partial charge in [-0.25, -0.2) is 9.18 Å². The predicted molar refractivity (Wildman–Crippen MR) is 73.9 cm³/mol. The molecule has 1 aromatic carbocycles. The fraction of sp³-hybridized carbons (Fsp3) is 0.467. The molecule has 2 rings (SSSR count). The zero-order chi connectivity index (χ0) is 15.5. The van der Waals surface area contributed by atoms with Gasteiger partial charge in [-0.3, -0.25) is 4.79 Å². The lowest BCUT2D eigenvalue weighted by molar-refractivity contribution is -0.145. The van der Waals surface area contributed by atoms with Crippen LogP contribution in [0, 0.1) is 5.82 Å². The van der Waals surface area contributed by atoms with Crippen LogP contribution >= 0.6 is 0 Å². The Kier molecular flexibility index (Phi) is 4.45. The number of ether oxygens (including phenoxy) is 1. The van der Waals surface area contributed by atoms with Gasteiger partial charge in [-0.15, -0.1) is 0 Å². The van der Waals surface area contributed by atoms with Crippen molar-refractivity contribution >= 4 is 11.9 Å². The highest BCUT2D eigenvalue weighted by molar-refractivity contribution is 6.00. The van der Waals surface area contributed by atoms with Crippen molar-refractivity contribution < 1.29 is 23.8 Å². The van der Waals surface area contributed by atoms with E-state index in [1.165, 1.54) is 19.2 Å². The normalized spacial score (nSPS) is 17.0. The maximum atomic E-state index is 13.3. The van der Waals surface area contributed by atoms with Crippen molar-refractivity contribution in [3.8, 4) is 5.75 Å². The summed E-state index contributed by atoms with van der Waals surface area (Å²) >= 11 is 0. The molecule has 0 heterocycles. The molecular weight excluding hydrogens is 277 g/mol. The average Bonchev–Trinajstić information content (AvgIpc) is 2.48. The Labute approximate surface area is 122 Å². The van der Waals surface area contributed by atoms with Gasteiger partial charge in [-0.2, -0.15) is 0 Å². The van der Waals surface area contributed by atoms with Gasteiger partial charge >= 0.3 is 5.97 Å². The molecule has 1 aliphatic rings. The first-order chi connectivity index (χ1) is 9.98. The predicted octanol–water partition coefficient (Wildman–Crippen LogP) is 2.35. The summed E-state index contributed by atoms with van der Waals surface area (Å²) in [5, 5.41) is 12.0. The standard InChI is InChI=1S/C15H18FNO4/c1-21-12-6-5-10(16)9-11(12)13(18)17-15(14(19)20)7-3-2-4-8-15/h5-6,9H,2-4,7-8H2,1H3,(H,17,18)(H,19,20). The first-order valence-corrected chi connectivity index (χ1v) is 6.88. The molecule has 0 saturated heterocycles. The largest absolute Gasteiger partial charge is 0.496 e. The molecule has 1 saturated carbocycles. The molecule has 1 amide bonds. The molecule has 0 unspecified atom stereocenters. The number of carboxylic acids is 1.